The standard InChI is InChI=1S/C8H6Cl2N4O/c9-5-1-2-7(6(10)3-5)15-4-8-11-13-14-12-8/h1-3H,4H2,(H,11,12,13,14). The van der Waals surface area contributed by atoms with Gasteiger partial charge in [-0.15, -0.1) is 10.2 Å². The van der Waals surface area contributed by atoms with Crippen LogP contribution in [0.25, 0.3) is 0 Å². The third-order valence-corrected chi connectivity index (χ3v) is 2.17. The number of hydrogen-bond donors (Lipinski definition) is 1. The van der Waals surface area contributed by atoms with Crippen molar-refractivity contribution in [3.63, 3.8) is 0 Å². The quantitative estimate of drug-likeness (QED) is 0.899. The predicted molar refractivity (Wildman–Crippen MR) is 55.0 cm³/mol. The molecule has 1 aromatic carbocycles. The first kappa shape index (κ1) is 10.2. The summed E-state index contributed by atoms with van der Waals surface area (Å²) >= 11 is 11.6. The molecular weight excluding hydrogens is 239 g/mol. The van der Waals surface area contributed by atoms with E-state index in [0.717, 1.165) is 0 Å². The predicted octanol–water partition coefficient (Wildman–Crippen LogP) is 2.09. The molecule has 0 spiro atoms. The molecule has 0 aliphatic heterocycles. The number of halogens is 2. The molecule has 1 aromatic heterocycles. The van der Waals surface area contributed by atoms with Gasteiger partial charge < -0.3 is 4.74 Å². The summed E-state index contributed by atoms with van der Waals surface area (Å²) in [7, 11) is 0. The summed E-state index contributed by atoms with van der Waals surface area (Å²) in [6.45, 7) is 0.206. The van der Waals surface area contributed by atoms with Crippen LogP contribution < -0.4 is 4.74 Å². The smallest absolute Gasteiger partial charge is 0.211 e. The van der Waals surface area contributed by atoms with Crippen LogP contribution in [-0.4, -0.2) is 20.6 Å². The molecule has 0 atom stereocenters. The van der Waals surface area contributed by atoms with Crippen molar-refractivity contribution in [2.24, 2.45) is 0 Å². The van der Waals surface area contributed by atoms with Crippen LogP contribution >= 0.6 is 23.2 Å². The molecule has 0 saturated carbocycles. The van der Waals surface area contributed by atoms with Crippen LogP contribution in [0, 0.1) is 0 Å². The summed E-state index contributed by atoms with van der Waals surface area (Å²) in [6, 6.07) is 4.98. The first-order valence-corrected chi connectivity index (χ1v) is 4.81. The number of aromatic nitrogens is 4. The largest absolute Gasteiger partial charge is 0.484 e. The molecule has 2 aromatic rings. The lowest BCUT2D eigenvalue weighted by atomic mass is 10.3. The highest BCUT2D eigenvalue weighted by Crippen LogP contribution is 2.27. The molecule has 0 aliphatic carbocycles. The van der Waals surface area contributed by atoms with Gasteiger partial charge in [-0.1, -0.05) is 28.4 Å². The van der Waals surface area contributed by atoms with Gasteiger partial charge in [-0.3, -0.25) is 0 Å². The number of hydrogen-bond acceptors (Lipinski definition) is 4. The third-order valence-electron chi connectivity index (χ3n) is 1.64. The van der Waals surface area contributed by atoms with Crippen molar-refractivity contribution in [2.75, 3.05) is 0 Å². The van der Waals surface area contributed by atoms with Crippen molar-refractivity contribution in [1.82, 2.24) is 20.6 Å². The lowest BCUT2D eigenvalue weighted by Crippen LogP contribution is -1.98. The lowest BCUT2D eigenvalue weighted by molar-refractivity contribution is 0.296. The van der Waals surface area contributed by atoms with Gasteiger partial charge >= 0.3 is 0 Å². The topological polar surface area (TPSA) is 63.7 Å². The second-order valence-electron chi connectivity index (χ2n) is 2.69. The number of nitrogens with zero attached hydrogens (tertiary/aromatic N) is 3. The molecular formula is C8H6Cl2N4O. The number of tetrazole rings is 1. The second-order valence-corrected chi connectivity index (χ2v) is 3.54. The van der Waals surface area contributed by atoms with E-state index in [1.165, 1.54) is 0 Å². The third kappa shape index (κ3) is 2.57. The second kappa shape index (κ2) is 4.46. The number of H-pyrrole nitrogens is 1. The van der Waals surface area contributed by atoms with Crippen molar-refractivity contribution >= 4 is 23.2 Å². The minimum absolute atomic E-state index is 0.206. The Hall–Kier alpha value is -1.33. The van der Waals surface area contributed by atoms with Crippen molar-refractivity contribution in [2.45, 2.75) is 6.61 Å². The normalized spacial score (nSPS) is 10.3. The monoisotopic (exact) mass is 244 g/mol. The summed E-state index contributed by atoms with van der Waals surface area (Å²) in [4.78, 5) is 0. The van der Waals surface area contributed by atoms with E-state index in [9.17, 15) is 0 Å². The van der Waals surface area contributed by atoms with Gasteiger partial charge in [-0.2, -0.15) is 5.21 Å². The van der Waals surface area contributed by atoms with E-state index in [1.807, 2.05) is 0 Å². The zero-order chi connectivity index (χ0) is 10.7. The molecule has 0 saturated heterocycles. The molecule has 2 rings (SSSR count). The summed E-state index contributed by atoms with van der Waals surface area (Å²) in [5.74, 6) is 0.992. The van der Waals surface area contributed by atoms with Crippen LogP contribution in [-0.2, 0) is 6.61 Å². The molecule has 5 nitrogen and oxygen atoms in total. The van der Waals surface area contributed by atoms with Gasteiger partial charge in [-0.25, -0.2) is 0 Å². The number of ether oxygens (including phenoxy) is 1. The Morgan fingerprint density at radius 2 is 2.20 bits per heavy atom. The Bertz CT molecular complexity index is 446. The van der Waals surface area contributed by atoms with Gasteiger partial charge in [0, 0.05) is 5.02 Å². The molecule has 0 unspecified atom stereocenters. The highest BCUT2D eigenvalue weighted by molar-refractivity contribution is 6.35. The van der Waals surface area contributed by atoms with Gasteiger partial charge in [0.25, 0.3) is 0 Å². The van der Waals surface area contributed by atoms with Crippen LogP contribution in [0.5, 0.6) is 5.75 Å². The van der Waals surface area contributed by atoms with Crippen LogP contribution in [0.2, 0.25) is 10.0 Å². The lowest BCUT2D eigenvalue weighted by Gasteiger charge is -2.05. The minimum atomic E-state index is 0.206. The molecule has 7 heteroatoms. The summed E-state index contributed by atoms with van der Waals surface area (Å²) < 4.78 is 5.36. The van der Waals surface area contributed by atoms with E-state index in [0.29, 0.717) is 21.6 Å². The van der Waals surface area contributed by atoms with Crippen molar-refractivity contribution in [3.8, 4) is 5.75 Å². The van der Waals surface area contributed by atoms with Gasteiger partial charge in [-0.05, 0) is 18.2 Å². The molecule has 0 radical (unpaired) electrons. The number of nitrogens with one attached hydrogen (secondary N) is 1. The number of benzene rings is 1. The molecule has 1 heterocycles. The molecule has 1 N–H and O–H groups in total. The Kier molecular flexibility index (Phi) is 3.03. The number of aromatic amines is 1. The SMILES string of the molecule is Clc1ccc(OCc2nn[nH]n2)c(Cl)c1. The zero-order valence-electron chi connectivity index (χ0n) is 7.44. The van der Waals surface area contributed by atoms with Gasteiger partial charge in [0.05, 0.1) is 5.02 Å². The molecule has 15 heavy (non-hydrogen) atoms. The average molecular weight is 245 g/mol. The van der Waals surface area contributed by atoms with Crippen molar-refractivity contribution in [1.29, 1.82) is 0 Å². The average Bonchev–Trinajstić information content (AvgIpc) is 2.69. The molecule has 0 bridgehead atoms. The van der Waals surface area contributed by atoms with Crippen LogP contribution in [0.1, 0.15) is 5.82 Å². The fourth-order valence-electron chi connectivity index (χ4n) is 0.978. The highest BCUT2D eigenvalue weighted by atomic mass is 35.5. The van der Waals surface area contributed by atoms with E-state index in [-0.39, 0.29) is 6.61 Å². The first-order chi connectivity index (χ1) is 7.25. The van der Waals surface area contributed by atoms with E-state index in [2.05, 4.69) is 20.6 Å². The van der Waals surface area contributed by atoms with Crippen molar-refractivity contribution in [3.05, 3.63) is 34.1 Å². The summed E-state index contributed by atoms with van der Waals surface area (Å²) in [5.41, 5.74) is 0. The fourth-order valence-corrected chi connectivity index (χ4v) is 1.44. The summed E-state index contributed by atoms with van der Waals surface area (Å²) in [5, 5.41) is 14.2. The van der Waals surface area contributed by atoms with Crippen LogP contribution in [0.15, 0.2) is 18.2 Å². The maximum absolute atomic E-state index is 5.90. The Balaban J connectivity index is 2.05. The first-order valence-electron chi connectivity index (χ1n) is 4.06. The van der Waals surface area contributed by atoms with Gasteiger partial charge in [0.15, 0.2) is 6.61 Å². The maximum atomic E-state index is 5.90. The van der Waals surface area contributed by atoms with Gasteiger partial charge in [0.2, 0.25) is 5.82 Å². The van der Waals surface area contributed by atoms with Crippen molar-refractivity contribution < 1.29 is 4.74 Å². The van der Waals surface area contributed by atoms with E-state index >= 15 is 0 Å². The van der Waals surface area contributed by atoms with Crippen LogP contribution in [0.3, 0.4) is 0 Å². The Labute approximate surface area is 95.3 Å². The van der Waals surface area contributed by atoms with E-state index in [1.54, 1.807) is 18.2 Å². The Morgan fingerprint density at radius 3 is 2.87 bits per heavy atom. The molecule has 0 fully saturated rings. The molecule has 0 aliphatic rings. The molecule has 78 valence electrons. The number of rotatable bonds is 3. The minimum Gasteiger partial charge on any atom is -0.484 e. The highest BCUT2D eigenvalue weighted by Gasteiger charge is 2.04. The van der Waals surface area contributed by atoms with Crippen LogP contribution in [0.4, 0.5) is 0 Å². The Morgan fingerprint density at radius 1 is 1.33 bits per heavy atom. The summed E-state index contributed by atoms with van der Waals surface area (Å²) in [6.07, 6.45) is 0. The van der Waals surface area contributed by atoms with Gasteiger partial charge in [0.1, 0.15) is 5.75 Å². The fraction of sp³-hybridized carbons (Fsp3) is 0.125. The zero-order valence-corrected chi connectivity index (χ0v) is 8.96. The molecule has 0 amide bonds. The van der Waals surface area contributed by atoms with E-state index < -0.39 is 0 Å². The maximum Gasteiger partial charge on any atom is 0.211 e. The van der Waals surface area contributed by atoms with E-state index in [4.69, 9.17) is 27.9 Å².